The van der Waals surface area contributed by atoms with Gasteiger partial charge in [0.05, 0.1) is 17.4 Å². The minimum atomic E-state index is 0.276. The lowest BCUT2D eigenvalue weighted by atomic mass is 9.87. The highest BCUT2D eigenvalue weighted by atomic mass is 15.3. The summed E-state index contributed by atoms with van der Waals surface area (Å²) in [7, 11) is 0. The topological polar surface area (TPSA) is 29.9 Å². The highest BCUT2D eigenvalue weighted by Crippen LogP contribution is 2.30. The van der Waals surface area contributed by atoms with E-state index >= 15 is 0 Å². The summed E-state index contributed by atoms with van der Waals surface area (Å²) in [6.07, 6.45) is 2.97. The molecular formula is C17H25N3. The molecular weight excluding hydrogens is 246 g/mol. The van der Waals surface area contributed by atoms with Crippen molar-refractivity contribution in [2.24, 2.45) is 5.41 Å². The molecule has 0 saturated carbocycles. The summed E-state index contributed by atoms with van der Waals surface area (Å²) in [4.78, 5) is 0. The van der Waals surface area contributed by atoms with Crippen molar-refractivity contribution in [3.63, 3.8) is 0 Å². The van der Waals surface area contributed by atoms with E-state index in [1.54, 1.807) is 0 Å². The predicted molar refractivity (Wildman–Crippen MR) is 84.1 cm³/mol. The predicted octanol–water partition coefficient (Wildman–Crippen LogP) is 3.96. The third kappa shape index (κ3) is 3.70. The average molecular weight is 271 g/mol. The van der Waals surface area contributed by atoms with Crippen LogP contribution in [0.3, 0.4) is 0 Å². The first-order valence-corrected chi connectivity index (χ1v) is 7.34. The second kappa shape index (κ2) is 6.23. The summed E-state index contributed by atoms with van der Waals surface area (Å²) in [5, 5.41) is 8.09. The van der Waals surface area contributed by atoms with Crippen LogP contribution in [0.2, 0.25) is 0 Å². The van der Waals surface area contributed by atoms with E-state index in [2.05, 4.69) is 56.3 Å². The van der Waals surface area contributed by atoms with Gasteiger partial charge in [0, 0.05) is 6.20 Å². The van der Waals surface area contributed by atoms with Gasteiger partial charge in [-0.3, -0.25) is 0 Å². The lowest BCUT2D eigenvalue weighted by molar-refractivity contribution is 0.308. The van der Waals surface area contributed by atoms with Crippen molar-refractivity contribution >= 4 is 0 Å². The lowest BCUT2D eigenvalue weighted by Crippen LogP contribution is -2.27. The SMILES string of the molecule is CCNC(CC(C)(C)C)c1ccnn1-c1ccccc1. The molecule has 1 heterocycles. The Kier molecular flexibility index (Phi) is 4.61. The highest BCUT2D eigenvalue weighted by molar-refractivity contribution is 5.33. The van der Waals surface area contributed by atoms with E-state index < -0.39 is 0 Å². The first kappa shape index (κ1) is 14.8. The van der Waals surface area contributed by atoms with Gasteiger partial charge in [-0.15, -0.1) is 0 Å². The molecule has 0 radical (unpaired) electrons. The Morgan fingerprint density at radius 1 is 1.15 bits per heavy atom. The minimum Gasteiger partial charge on any atom is -0.309 e. The van der Waals surface area contributed by atoms with E-state index in [0.717, 1.165) is 18.7 Å². The monoisotopic (exact) mass is 271 g/mol. The second-order valence-corrected chi connectivity index (χ2v) is 6.38. The van der Waals surface area contributed by atoms with Gasteiger partial charge in [-0.05, 0) is 36.6 Å². The van der Waals surface area contributed by atoms with Crippen molar-refractivity contribution in [3.8, 4) is 5.69 Å². The maximum Gasteiger partial charge on any atom is 0.0649 e. The average Bonchev–Trinajstić information content (AvgIpc) is 2.87. The zero-order valence-corrected chi connectivity index (χ0v) is 12.9. The molecule has 0 bridgehead atoms. The number of hydrogen-bond donors (Lipinski definition) is 1. The summed E-state index contributed by atoms with van der Waals surface area (Å²) >= 11 is 0. The summed E-state index contributed by atoms with van der Waals surface area (Å²) in [6.45, 7) is 9.95. The van der Waals surface area contributed by atoms with Gasteiger partial charge < -0.3 is 5.32 Å². The Morgan fingerprint density at radius 2 is 1.85 bits per heavy atom. The molecule has 0 aliphatic heterocycles. The van der Waals surface area contributed by atoms with Crippen molar-refractivity contribution in [2.75, 3.05) is 6.54 Å². The van der Waals surface area contributed by atoms with Crippen molar-refractivity contribution in [2.45, 2.75) is 40.2 Å². The Labute approximate surface area is 122 Å². The molecule has 1 aromatic heterocycles. The Hall–Kier alpha value is -1.61. The Bertz CT molecular complexity index is 523. The number of rotatable bonds is 5. The van der Waals surface area contributed by atoms with Gasteiger partial charge in [0.1, 0.15) is 0 Å². The number of aromatic nitrogens is 2. The van der Waals surface area contributed by atoms with Crippen LogP contribution in [0.5, 0.6) is 0 Å². The summed E-state index contributed by atoms with van der Waals surface area (Å²) < 4.78 is 2.04. The lowest BCUT2D eigenvalue weighted by Gasteiger charge is -2.27. The van der Waals surface area contributed by atoms with E-state index in [0.29, 0.717) is 6.04 Å². The summed E-state index contributed by atoms with van der Waals surface area (Å²) in [5.41, 5.74) is 2.62. The third-order valence-electron chi connectivity index (χ3n) is 3.30. The zero-order valence-electron chi connectivity index (χ0n) is 12.9. The Morgan fingerprint density at radius 3 is 2.45 bits per heavy atom. The molecule has 1 aromatic carbocycles. The van der Waals surface area contributed by atoms with Crippen molar-refractivity contribution < 1.29 is 0 Å². The van der Waals surface area contributed by atoms with Gasteiger partial charge in [0.15, 0.2) is 0 Å². The van der Waals surface area contributed by atoms with Gasteiger partial charge in [-0.2, -0.15) is 5.10 Å². The van der Waals surface area contributed by atoms with Crippen LogP contribution in [0, 0.1) is 5.41 Å². The molecule has 0 amide bonds. The van der Waals surface area contributed by atoms with E-state index in [9.17, 15) is 0 Å². The van der Waals surface area contributed by atoms with Crippen LogP contribution in [0.15, 0.2) is 42.6 Å². The number of nitrogens with zero attached hydrogens (tertiary/aromatic N) is 2. The van der Waals surface area contributed by atoms with Crippen molar-refractivity contribution in [1.82, 2.24) is 15.1 Å². The van der Waals surface area contributed by atoms with Crippen molar-refractivity contribution in [3.05, 3.63) is 48.3 Å². The van der Waals surface area contributed by atoms with Crippen LogP contribution < -0.4 is 5.32 Å². The largest absolute Gasteiger partial charge is 0.309 e. The Balaban J connectivity index is 2.33. The number of benzene rings is 1. The maximum atomic E-state index is 4.50. The fourth-order valence-corrected chi connectivity index (χ4v) is 2.50. The normalized spacial score (nSPS) is 13.4. The summed E-state index contributed by atoms with van der Waals surface area (Å²) in [6, 6.07) is 12.8. The standard InChI is InChI=1S/C17H25N3/c1-5-18-15(13-17(2,3)4)16-11-12-19-20(16)14-9-7-6-8-10-14/h6-12,15,18H,5,13H2,1-4H3. The zero-order chi connectivity index (χ0) is 14.6. The minimum absolute atomic E-state index is 0.276. The molecule has 108 valence electrons. The highest BCUT2D eigenvalue weighted by Gasteiger charge is 2.22. The number of nitrogens with one attached hydrogen (secondary N) is 1. The molecule has 2 aromatic rings. The molecule has 3 heteroatoms. The molecule has 20 heavy (non-hydrogen) atoms. The van der Waals surface area contributed by atoms with E-state index in [1.807, 2.05) is 29.1 Å². The third-order valence-corrected chi connectivity index (χ3v) is 3.30. The van der Waals surface area contributed by atoms with E-state index in [1.165, 1.54) is 5.69 Å². The molecule has 1 unspecified atom stereocenters. The van der Waals surface area contributed by atoms with E-state index in [-0.39, 0.29) is 5.41 Å². The fourth-order valence-electron chi connectivity index (χ4n) is 2.50. The van der Waals surface area contributed by atoms with Gasteiger partial charge in [0.25, 0.3) is 0 Å². The van der Waals surface area contributed by atoms with Crippen LogP contribution in [0.1, 0.15) is 45.9 Å². The first-order chi connectivity index (χ1) is 9.51. The van der Waals surface area contributed by atoms with Gasteiger partial charge in [0.2, 0.25) is 0 Å². The molecule has 0 spiro atoms. The van der Waals surface area contributed by atoms with Crippen molar-refractivity contribution in [1.29, 1.82) is 0 Å². The molecule has 0 aliphatic rings. The van der Waals surface area contributed by atoms with Crippen LogP contribution in [0.25, 0.3) is 5.69 Å². The fraction of sp³-hybridized carbons (Fsp3) is 0.471. The number of para-hydroxylation sites is 1. The molecule has 3 nitrogen and oxygen atoms in total. The number of hydrogen-bond acceptors (Lipinski definition) is 2. The van der Waals surface area contributed by atoms with Crippen LogP contribution in [0.4, 0.5) is 0 Å². The van der Waals surface area contributed by atoms with Crippen LogP contribution >= 0.6 is 0 Å². The maximum absolute atomic E-state index is 4.50. The first-order valence-electron chi connectivity index (χ1n) is 7.34. The van der Waals surface area contributed by atoms with Gasteiger partial charge >= 0.3 is 0 Å². The molecule has 1 atom stereocenters. The smallest absolute Gasteiger partial charge is 0.0649 e. The molecule has 0 fully saturated rings. The van der Waals surface area contributed by atoms with Gasteiger partial charge in [-0.25, -0.2) is 4.68 Å². The summed E-state index contributed by atoms with van der Waals surface area (Å²) in [5.74, 6) is 0. The molecule has 2 rings (SSSR count). The molecule has 1 N–H and O–H groups in total. The van der Waals surface area contributed by atoms with E-state index in [4.69, 9.17) is 0 Å². The van der Waals surface area contributed by atoms with Gasteiger partial charge in [-0.1, -0.05) is 45.9 Å². The van der Waals surface area contributed by atoms with Crippen LogP contribution in [-0.2, 0) is 0 Å². The molecule has 0 saturated heterocycles. The quantitative estimate of drug-likeness (QED) is 0.892. The van der Waals surface area contributed by atoms with Crippen LogP contribution in [-0.4, -0.2) is 16.3 Å². The second-order valence-electron chi connectivity index (χ2n) is 6.38. The molecule has 0 aliphatic carbocycles.